The molecule has 102 valence electrons. The van der Waals surface area contributed by atoms with Gasteiger partial charge in [0.25, 0.3) is 0 Å². The predicted molar refractivity (Wildman–Crippen MR) is 84.6 cm³/mol. The van der Waals surface area contributed by atoms with Crippen molar-refractivity contribution in [3.8, 4) is 0 Å². The minimum atomic E-state index is 0.815. The molecule has 18 heavy (non-hydrogen) atoms. The number of hydrogen-bond acceptors (Lipinski definition) is 2. The fourth-order valence-electron chi connectivity index (χ4n) is 1.68. The van der Waals surface area contributed by atoms with E-state index in [1.165, 1.54) is 24.2 Å². The van der Waals surface area contributed by atoms with E-state index in [-0.39, 0.29) is 0 Å². The molecule has 3 heteroatoms. The summed E-state index contributed by atoms with van der Waals surface area (Å²) in [6.45, 7) is 6.82. The fourth-order valence-corrected chi connectivity index (χ4v) is 2.66. The van der Waals surface area contributed by atoms with Crippen LogP contribution in [0.3, 0.4) is 0 Å². The van der Waals surface area contributed by atoms with Crippen molar-refractivity contribution in [1.82, 2.24) is 5.32 Å². The Labute approximate surface area is 121 Å². The van der Waals surface area contributed by atoms with E-state index in [2.05, 4.69) is 31.3 Å². The van der Waals surface area contributed by atoms with E-state index in [0.717, 1.165) is 29.8 Å². The Kier molecular flexibility index (Phi) is 8.57. The van der Waals surface area contributed by atoms with Gasteiger partial charge >= 0.3 is 0 Å². The zero-order valence-corrected chi connectivity index (χ0v) is 13.0. The predicted octanol–water partition coefficient (Wildman–Crippen LogP) is 4.60. The molecule has 0 aliphatic rings. The number of rotatable bonds is 9. The standard InChI is InChI=1S/C15H24ClNS/c1-13(2)4-3-9-17-10-11-18-12-14-5-7-15(16)8-6-14/h5-8,13,17H,3-4,9-12H2,1-2H3. The van der Waals surface area contributed by atoms with Crippen molar-refractivity contribution < 1.29 is 0 Å². The summed E-state index contributed by atoms with van der Waals surface area (Å²) in [5.74, 6) is 3.07. The number of nitrogens with one attached hydrogen (secondary N) is 1. The smallest absolute Gasteiger partial charge is 0.0406 e. The molecule has 0 aliphatic heterocycles. The van der Waals surface area contributed by atoms with Gasteiger partial charge in [-0.3, -0.25) is 0 Å². The molecule has 1 N–H and O–H groups in total. The van der Waals surface area contributed by atoms with Crippen LogP contribution in [0.1, 0.15) is 32.3 Å². The molecular formula is C15H24ClNS. The van der Waals surface area contributed by atoms with Crippen LogP contribution in [-0.2, 0) is 5.75 Å². The molecule has 0 spiro atoms. The van der Waals surface area contributed by atoms with Crippen LogP contribution in [0.4, 0.5) is 0 Å². The molecule has 0 atom stereocenters. The van der Waals surface area contributed by atoms with E-state index >= 15 is 0 Å². The van der Waals surface area contributed by atoms with Crippen molar-refractivity contribution in [2.75, 3.05) is 18.8 Å². The van der Waals surface area contributed by atoms with Crippen molar-refractivity contribution in [2.24, 2.45) is 5.92 Å². The fraction of sp³-hybridized carbons (Fsp3) is 0.600. The van der Waals surface area contributed by atoms with Crippen molar-refractivity contribution in [2.45, 2.75) is 32.4 Å². The van der Waals surface area contributed by atoms with Crippen molar-refractivity contribution in [3.05, 3.63) is 34.9 Å². The molecule has 0 saturated carbocycles. The Morgan fingerprint density at radius 1 is 1.17 bits per heavy atom. The molecule has 0 aliphatic carbocycles. The highest BCUT2D eigenvalue weighted by Crippen LogP contribution is 2.14. The molecule has 1 aromatic carbocycles. The largest absolute Gasteiger partial charge is 0.316 e. The molecule has 0 radical (unpaired) electrons. The number of hydrogen-bond donors (Lipinski definition) is 1. The van der Waals surface area contributed by atoms with Gasteiger partial charge in [-0.1, -0.05) is 37.6 Å². The summed E-state index contributed by atoms with van der Waals surface area (Å²) in [5.41, 5.74) is 1.35. The molecule has 0 saturated heterocycles. The van der Waals surface area contributed by atoms with Crippen molar-refractivity contribution in [1.29, 1.82) is 0 Å². The Hall–Kier alpha value is -0.180. The van der Waals surface area contributed by atoms with E-state index in [1.807, 2.05) is 23.9 Å². The van der Waals surface area contributed by atoms with Crippen molar-refractivity contribution in [3.63, 3.8) is 0 Å². The topological polar surface area (TPSA) is 12.0 Å². The summed E-state index contributed by atoms with van der Waals surface area (Å²) >= 11 is 7.82. The quantitative estimate of drug-likeness (QED) is 0.666. The third-order valence-electron chi connectivity index (χ3n) is 2.74. The lowest BCUT2D eigenvalue weighted by atomic mass is 10.1. The first kappa shape index (κ1) is 15.9. The first-order valence-corrected chi connectivity index (χ1v) is 8.24. The third kappa shape index (κ3) is 8.02. The van der Waals surface area contributed by atoms with Crippen LogP contribution in [-0.4, -0.2) is 18.8 Å². The van der Waals surface area contributed by atoms with Gasteiger partial charge in [-0.05, 0) is 43.0 Å². The second-order valence-corrected chi connectivity index (χ2v) is 6.51. The van der Waals surface area contributed by atoms with Crippen LogP contribution in [0, 0.1) is 5.92 Å². The van der Waals surface area contributed by atoms with E-state index in [0.29, 0.717) is 0 Å². The first-order valence-electron chi connectivity index (χ1n) is 6.71. The van der Waals surface area contributed by atoms with Crippen LogP contribution in [0.5, 0.6) is 0 Å². The van der Waals surface area contributed by atoms with Gasteiger partial charge in [0.05, 0.1) is 0 Å². The van der Waals surface area contributed by atoms with Crippen LogP contribution in [0.25, 0.3) is 0 Å². The zero-order chi connectivity index (χ0) is 13.2. The molecule has 1 aromatic rings. The number of benzene rings is 1. The second kappa shape index (κ2) is 9.71. The lowest BCUT2D eigenvalue weighted by Crippen LogP contribution is -2.18. The molecule has 0 heterocycles. The molecule has 0 fully saturated rings. The Bertz CT molecular complexity index is 311. The van der Waals surface area contributed by atoms with E-state index < -0.39 is 0 Å². The maximum Gasteiger partial charge on any atom is 0.0406 e. The second-order valence-electron chi connectivity index (χ2n) is 4.97. The summed E-state index contributed by atoms with van der Waals surface area (Å²) in [6, 6.07) is 8.13. The monoisotopic (exact) mass is 285 g/mol. The molecule has 0 amide bonds. The van der Waals surface area contributed by atoms with Crippen LogP contribution in [0.2, 0.25) is 5.02 Å². The number of thioether (sulfide) groups is 1. The van der Waals surface area contributed by atoms with Crippen molar-refractivity contribution >= 4 is 23.4 Å². The Morgan fingerprint density at radius 2 is 1.89 bits per heavy atom. The van der Waals surface area contributed by atoms with Crippen LogP contribution in [0.15, 0.2) is 24.3 Å². The Morgan fingerprint density at radius 3 is 2.56 bits per heavy atom. The van der Waals surface area contributed by atoms with Gasteiger partial charge < -0.3 is 5.32 Å². The van der Waals surface area contributed by atoms with Gasteiger partial charge in [-0.2, -0.15) is 11.8 Å². The van der Waals surface area contributed by atoms with Gasteiger partial charge in [0, 0.05) is 23.1 Å². The van der Waals surface area contributed by atoms with Crippen LogP contribution < -0.4 is 5.32 Å². The lowest BCUT2D eigenvalue weighted by Gasteiger charge is -2.06. The molecule has 0 bridgehead atoms. The SMILES string of the molecule is CC(C)CCCNCCSCc1ccc(Cl)cc1. The lowest BCUT2D eigenvalue weighted by molar-refractivity contribution is 0.534. The summed E-state index contributed by atoms with van der Waals surface area (Å²) < 4.78 is 0. The van der Waals surface area contributed by atoms with E-state index in [4.69, 9.17) is 11.6 Å². The van der Waals surface area contributed by atoms with Gasteiger partial charge in [-0.15, -0.1) is 0 Å². The Balaban J connectivity index is 1.94. The normalized spacial score (nSPS) is 11.1. The molecule has 1 rings (SSSR count). The molecule has 0 aromatic heterocycles. The highest BCUT2D eigenvalue weighted by Gasteiger charge is 1.95. The highest BCUT2D eigenvalue weighted by molar-refractivity contribution is 7.98. The summed E-state index contributed by atoms with van der Waals surface area (Å²) in [4.78, 5) is 0. The van der Waals surface area contributed by atoms with Crippen LogP contribution >= 0.6 is 23.4 Å². The minimum Gasteiger partial charge on any atom is -0.316 e. The summed E-state index contributed by atoms with van der Waals surface area (Å²) in [6.07, 6.45) is 2.62. The van der Waals surface area contributed by atoms with Gasteiger partial charge in [0.1, 0.15) is 0 Å². The highest BCUT2D eigenvalue weighted by atomic mass is 35.5. The van der Waals surface area contributed by atoms with E-state index in [1.54, 1.807) is 0 Å². The average molecular weight is 286 g/mol. The van der Waals surface area contributed by atoms with E-state index in [9.17, 15) is 0 Å². The maximum atomic E-state index is 5.85. The third-order valence-corrected chi connectivity index (χ3v) is 4.02. The van der Waals surface area contributed by atoms with Gasteiger partial charge in [0.2, 0.25) is 0 Å². The average Bonchev–Trinajstić information content (AvgIpc) is 2.34. The minimum absolute atomic E-state index is 0.815. The first-order chi connectivity index (χ1) is 8.68. The summed E-state index contributed by atoms with van der Waals surface area (Å²) in [5, 5.41) is 4.31. The summed E-state index contributed by atoms with van der Waals surface area (Å²) in [7, 11) is 0. The molecular weight excluding hydrogens is 262 g/mol. The maximum absolute atomic E-state index is 5.85. The zero-order valence-electron chi connectivity index (χ0n) is 11.4. The molecule has 0 unspecified atom stereocenters. The van der Waals surface area contributed by atoms with Gasteiger partial charge in [0.15, 0.2) is 0 Å². The number of halogens is 1. The van der Waals surface area contributed by atoms with Gasteiger partial charge in [-0.25, -0.2) is 0 Å². The molecule has 1 nitrogen and oxygen atoms in total.